The fraction of sp³-hybridized carbons (Fsp3) is 0.154. The van der Waals surface area contributed by atoms with Gasteiger partial charge in [0, 0.05) is 10.9 Å². The fourth-order valence-electron chi connectivity index (χ4n) is 2.39. The van der Waals surface area contributed by atoms with E-state index in [0.717, 1.165) is 22.9 Å². The van der Waals surface area contributed by atoms with Crippen molar-refractivity contribution in [1.82, 2.24) is 0 Å². The molecule has 2 nitrogen and oxygen atoms in total. The van der Waals surface area contributed by atoms with Crippen molar-refractivity contribution in [1.29, 1.82) is 0 Å². The Morgan fingerprint density at radius 2 is 2.00 bits per heavy atom. The molecule has 3 heteroatoms. The Hall–Kier alpha value is -1.90. The van der Waals surface area contributed by atoms with E-state index in [-0.39, 0.29) is 5.82 Å². The molecule has 2 aromatic carbocycles. The average Bonchev–Trinajstić information content (AvgIpc) is 2.72. The lowest BCUT2D eigenvalue weighted by atomic mass is 10.00. The van der Waals surface area contributed by atoms with Gasteiger partial charge in [-0.15, -0.1) is 0 Å². The summed E-state index contributed by atoms with van der Waals surface area (Å²) in [7, 11) is 0. The van der Waals surface area contributed by atoms with E-state index in [1.807, 2.05) is 18.2 Å². The van der Waals surface area contributed by atoms with Crippen LogP contribution in [0.15, 0.2) is 35.5 Å². The molecule has 1 aliphatic carbocycles. The minimum atomic E-state index is -0.252. The molecule has 0 atom stereocenters. The van der Waals surface area contributed by atoms with Gasteiger partial charge in [0.1, 0.15) is 5.82 Å². The van der Waals surface area contributed by atoms with E-state index >= 15 is 0 Å². The molecule has 16 heavy (non-hydrogen) atoms. The Labute approximate surface area is 92.0 Å². The normalized spacial score (nSPS) is 16.9. The third-order valence-corrected chi connectivity index (χ3v) is 3.12. The summed E-state index contributed by atoms with van der Waals surface area (Å²) in [6.45, 7) is 0. The molecule has 3 rings (SSSR count). The number of rotatable bonds is 0. The zero-order valence-electron chi connectivity index (χ0n) is 8.57. The molecular formula is C13H10FNO. The standard InChI is InChI=1S/C13H10FNO/c14-10-3-1-2-8-4-5-9-6-7-11(15-16)13(9)12(8)10/h1-5,16H,6-7H2/b15-11+/i15+1. The Bertz CT molecular complexity index is 604. The molecular weight excluding hydrogens is 206 g/mol. The first kappa shape index (κ1) is 9.33. The number of halogens is 1. The van der Waals surface area contributed by atoms with E-state index in [2.05, 4.69) is 5.16 Å². The van der Waals surface area contributed by atoms with Gasteiger partial charge >= 0.3 is 0 Å². The molecule has 0 unspecified atom stereocenters. The quantitative estimate of drug-likeness (QED) is 0.409. The minimum absolute atomic E-state index is 0.252. The van der Waals surface area contributed by atoms with Gasteiger partial charge in [-0.05, 0) is 29.9 Å². The number of nitrogens with zero attached hydrogens (tertiary/aromatic N) is 1. The number of benzene rings is 2. The van der Waals surface area contributed by atoms with Crippen LogP contribution in [0, 0.1) is 5.82 Å². The van der Waals surface area contributed by atoms with Gasteiger partial charge in [0.25, 0.3) is 0 Å². The highest BCUT2D eigenvalue weighted by Crippen LogP contribution is 2.31. The summed E-state index contributed by atoms with van der Waals surface area (Å²) in [6.07, 6.45) is 1.50. The highest BCUT2D eigenvalue weighted by Gasteiger charge is 2.22. The second-order valence-electron chi connectivity index (χ2n) is 3.98. The molecule has 0 radical (unpaired) electrons. The lowest BCUT2D eigenvalue weighted by Gasteiger charge is -2.06. The van der Waals surface area contributed by atoms with Gasteiger partial charge in [0.15, 0.2) is 0 Å². The van der Waals surface area contributed by atoms with Crippen LogP contribution in [0.1, 0.15) is 17.5 Å². The molecule has 0 aliphatic heterocycles. The summed E-state index contributed by atoms with van der Waals surface area (Å²) in [4.78, 5) is 0. The number of oxime groups is 1. The van der Waals surface area contributed by atoms with Crippen molar-refractivity contribution in [3.8, 4) is 0 Å². The van der Waals surface area contributed by atoms with Crippen molar-refractivity contribution in [2.45, 2.75) is 12.8 Å². The zero-order chi connectivity index (χ0) is 11.1. The van der Waals surface area contributed by atoms with Gasteiger partial charge in [-0.2, -0.15) is 0 Å². The lowest BCUT2D eigenvalue weighted by Crippen LogP contribution is -1.97. The summed E-state index contributed by atoms with van der Waals surface area (Å²) in [5.41, 5.74) is 2.43. The molecule has 0 heterocycles. The maximum absolute atomic E-state index is 13.8. The topological polar surface area (TPSA) is 32.6 Å². The Morgan fingerprint density at radius 1 is 1.12 bits per heavy atom. The SMILES string of the molecule is O/[15N]=C1\CCc2ccc3cccc(F)c3c21. The average molecular weight is 216 g/mol. The van der Waals surface area contributed by atoms with Crippen LogP contribution in [-0.2, 0) is 6.42 Å². The highest BCUT2D eigenvalue weighted by atomic mass is 19.1. The van der Waals surface area contributed by atoms with E-state index in [1.165, 1.54) is 6.07 Å². The van der Waals surface area contributed by atoms with Crippen LogP contribution >= 0.6 is 0 Å². The van der Waals surface area contributed by atoms with Gasteiger partial charge in [-0.25, -0.2) is 4.39 Å². The maximum Gasteiger partial charge on any atom is 0.131 e. The molecule has 2 aromatic rings. The Morgan fingerprint density at radius 3 is 2.81 bits per heavy atom. The van der Waals surface area contributed by atoms with E-state index < -0.39 is 0 Å². The molecule has 1 aliphatic rings. The molecule has 0 saturated carbocycles. The predicted molar refractivity (Wildman–Crippen MR) is 60.6 cm³/mol. The number of aryl methyl sites for hydroxylation is 1. The van der Waals surface area contributed by atoms with Gasteiger partial charge in [-0.1, -0.05) is 29.4 Å². The van der Waals surface area contributed by atoms with Gasteiger partial charge in [0.2, 0.25) is 0 Å². The van der Waals surface area contributed by atoms with Crippen molar-refractivity contribution in [3.05, 3.63) is 47.3 Å². The number of hydrogen-bond donors (Lipinski definition) is 1. The number of hydrogen-bond acceptors (Lipinski definition) is 2. The second-order valence-corrected chi connectivity index (χ2v) is 3.98. The van der Waals surface area contributed by atoms with E-state index in [1.54, 1.807) is 6.07 Å². The molecule has 1 N–H and O–H groups in total. The predicted octanol–water partition coefficient (Wildman–Crippen LogP) is 3.10. The second kappa shape index (κ2) is 3.30. The van der Waals surface area contributed by atoms with Crippen molar-refractivity contribution in [3.63, 3.8) is 0 Å². The highest BCUT2D eigenvalue weighted by molar-refractivity contribution is 6.14. The van der Waals surface area contributed by atoms with Gasteiger partial charge < -0.3 is 5.21 Å². The third-order valence-electron chi connectivity index (χ3n) is 3.12. The molecule has 80 valence electrons. The number of fused-ring (bicyclic) bond motifs is 3. The van der Waals surface area contributed by atoms with Crippen LogP contribution in [0.25, 0.3) is 10.8 Å². The maximum atomic E-state index is 13.8. The van der Waals surface area contributed by atoms with E-state index in [4.69, 9.17) is 5.21 Å². The van der Waals surface area contributed by atoms with Crippen molar-refractivity contribution >= 4 is 16.5 Å². The monoisotopic (exact) mass is 216 g/mol. The summed E-state index contributed by atoms with van der Waals surface area (Å²) < 4.78 is 13.8. The van der Waals surface area contributed by atoms with E-state index in [0.29, 0.717) is 17.5 Å². The van der Waals surface area contributed by atoms with Crippen LogP contribution < -0.4 is 0 Å². The largest absolute Gasteiger partial charge is 0.411 e. The van der Waals surface area contributed by atoms with Crippen LogP contribution in [0.4, 0.5) is 4.39 Å². The van der Waals surface area contributed by atoms with Crippen molar-refractivity contribution < 1.29 is 9.60 Å². The first-order valence-corrected chi connectivity index (χ1v) is 5.22. The lowest BCUT2D eigenvalue weighted by molar-refractivity contribution is 0.318. The first-order valence-electron chi connectivity index (χ1n) is 5.22. The summed E-state index contributed by atoms with van der Waals surface area (Å²) >= 11 is 0. The van der Waals surface area contributed by atoms with Crippen molar-refractivity contribution in [2.24, 2.45) is 5.16 Å². The summed E-state index contributed by atoms with van der Waals surface area (Å²) in [5.74, 6) is -0.252. The third kappa shape index (κ3) is 1.14. The zero-order valence-corrected chi connectivity index (χ0v) is 8.57. The Kier molecular flexibility index (Phi) is 1.93. The first-order chi connectivity index (χ1) is 7.81. The van der Waals surface area contributed by atoms with Gasteiger partial charge in [-0.3, -0.25) is 0 Å². The molecule has 0 saturated heterocycles. The van der Waals surface area contributed by atoms with Crippen LogP contribution in [-0.4, -0.2) is 10.9 Å². The molecule has 0 amide bonds. The molecule has 0 fully saturated rings. The summed E-state index contributed by atoms with van der Waals surface area (Å²) in [5, 5.41) is 13.6. The van der Waals surface area contributed by atoms with Crippen LogP contribution in [0.3, 0.4) is 0 Å². The van der Waals surface area contributed by atoms with E-state index in [9.17, 15) is 4.39 Å². The molecule has 0 spiro atoms. The Balaban J connectivity index is 2.48. The van der Waals surface area contributed by atoms with Gasteiger partial charge in [0.05, 0.1) is 5.71 Å². The molecule has 0 aromatic heterocycles. The van der Waals surface area contributed by atoms with Crippen LogP contribution in [0.5, 0.6) is 0 Å². The summed E-state index contributed by atoms with van der Waals surface area (Å²) in [6, 6.07) is 8.89. The smallest absolute Gasteiger partial charge is 0.131 e. The van der Waals surface area contributed by atoms with Crippen molar-refractivity contribution in [2.75, 3.05) is 0 Å². The minimum Gasteiger partial charge on any atom is -0.411 e. The fourth-order valence-corrected chi connectivity index (χ4v) is 2.39. The molecule has 0 bridgehead atoms. The van der Waals surface area contributed by atoms with Crippen LogP contribution in [0.2, 0.25) is 0 Å².